The number of hydrogen-bond donors (Lipinski definition) is 0. The van der Waals surface area contributed by atoms with Gasteiger partial charge in [0.05, 0.1) is 6.61 Å². The minimum atomic E-state index is 0.863. The number of aryl methyl sites for hydroxylation is 1. The summed E-state index contributed by atoms with van der Waals surface area (Å²) in [6, 6.07) is 8.36. The van der Waals surface area contributed by atoms with Crippen LogP contribution < -0.4 is 4.74 Å². The van der Waals surface area contributed by atoms with E-state index in [-0.39, 0.29) is 0 Å². The van der Waals surface area contributed by atoms with Gasteiger partial charge in [0, 0.05) is 0 Å². The molecule has 0 N–H and O–H groups in total. The van der Waals surface area contributed by atoms with E-state index in [1.807, 2.05) is 0 Å². The molecule has 0 spiro atoms. The zero-order valence-corrected chi connectivity index (χ0v) is 19.9. The van der Waals surface area contributed by atoms with Crippen LogP contribution in [0.25, 0.3) is 0 Å². The molecule has 0 heterocycles. The first-order valence-corrected chi connectivity index (χ1v) is 13.0. The number of benzene rings is 1. The summed E-state index contributed by atoms with van der Waals surface area (Å²) in [5, 5.41) is 0. The summed E-state index contributed by atoms with van der Waals surface area (Å²) < 4.78 is 5.82. The van der Waals surface area contributed by atoms with Crippen molar-refractivity contribution in [3.8, 4) is 5.75 Å². The monoisotopic (exact) mass is 402 g/mol. The minimum absolute atomic E-state index is 0.863. The van der Waals surface area contributed by atoms with E-state index in [4.69, 9.17) is 4.74 Å². The van der Waals surface area contributed by atoms with Crippen molar-refractivity contribution in [2.45, 2.75) is 136 Å². The third kappa shape index (κ3) is 17.6. The average Bonchev–Trinajstić information content (AvgIpc) is 2.72. The maximum absolute atomic E-state index is 5.82. The first kappa shape index (κ1) is 26.1. The molecular formula is C28H50O. The summed E-state index contributed by atoms with van der Waals surface area (Å²) in [6.45, 7) is 5.28. The van der Waals surface area contributed by atoms with E-state index in [0.717, 1.165) is 12.4 Å². The quantitative estimate of drug-likeness (QED) is 0.186. The van der Waals surface area contributed by atoms with Gasteiger partial charge in [-0.1, -0.05) is 135 Å². The Morgan fingerprint density at radius 1 is 0.552 bits per heavy atom. The van der Waals surface area contributed by atoms with Crippen molar-refractivity contribution < 1.29 is 4.74 Å². The van der Waals surface area contributed by atoms with Gasteiger partial charge in [-0.3, -0.25) is 0 Å². The van der Waals surface area contributed by atoms with Crippen molar-refractivity contribution in [1.29, 1.82) is 0 Å². The Kier molecular flexibility index (Phi) is 18.2. The average molecular weight is 403 g/mol. The molecule has 0 bridgehead atoms. The van der Waals surface area contributed by atoms with Crippen LogP contribution in [0.5, 0.6) is 5.75 Å². The highest BCUT2D eigenvalue weighted by molar-refractivity contribution is 5.27. The van der Waals surface area contributed by atoms with Crippen molar-refractivity contribution >= 4 is 0 Å². The third-order valence-corrected chi connectivity index (χ3v) is 6.01. The maximum atomic E-state index is 5.82. The Labute approximate surface area is 183 Å². The van der Waals surface area contributed by atoms with Crippen molar-refractivity contribution in [3.63, 3.8) is 0 Å². The summed E-state index contributed by atoms with van der Waals surface area (Å²) in [6.07, 6.45) is 27.1. The predicted molar refractivity (Wildman–Crippen MR) is 130 cm³/mol. The van der Waals surface area contributed by atoms with Gasteiger partial charge in [-0.05, 0) is 31.0 Å². The molecule has 1 aromatic rings. The van der Waals surface area contributed by atoms with E-state index in [9.17, 15) is 0 Å². The maximum Gasteiger partial charge on any atom is 0.119 e. The number of rotatable bonds is 21. The first-order chi connectivity index (χ1) is 14.3. The Balaban J connectivity index is 1.70. The Bertz CT molecular complexity index is 453. The lowest BCUT2D eigenvalue weighted by Gasteiger charge is -2.07. The highest BCUT2D eigenvalue weighted by Gasteiger charge is 1.96. The number of unbranched alkanes of at least 4 members (excludes halogenated alkanes) is 18. The molecule has 29 heavy (non-hydrogen) atoms. The molecule has 0 radical (unpaired) electrons. The molecule has 1 nitrogen and oxygen atoms in total. The summed E-state index contributed by atoms with van der Waals surface area (Å²) in [5.41, 5.74) is 1.27. The first-order valence-electron chi connectivity index (χ1n) is 13.0. The minimum Gasteiger partial charge on any atom is -0.494 e. The van der Waals surface area contributed by atoms with Crippen LogP contribution >= 0.6 is 0 Å². The van der Waals surface area contributed by atoms with Crippen molar-refractivity contribution in [2.75, 3.05) is 6.61 Å². The Morgan fingerprint density at radius 2 is 0.966 bits per heavy atom. The second-order valence-electron chi connectivity index (χ2n) is 9.03. The van der Waals surface area contributed by atoms with Crippen LogP contribution in [-0.2, 0) is 0 Å². The van der Waals surface area contributed by atoms with Gasteiger partial charge in [0.1, 0.15) is 5.75 Å². The molecule has 168 valence electrons. The highest BCUT2D eigenvalue weighted by atomic mass is 16.5. The molecule has 0 atom stereocenters. The van der Waals surface area contributed by atoms with Gasteiger partial charge in [-0.2, -0.15) is 0 Å². The molecule has 1 aromatic carbocycles. The highest BCUT2D eigenvalue weighted by Crippen LogP contribution is 2.15. The number of hydrogen-bond acceptors (Lipinski definition) is 1. The largest absolute Gasteiger partial charge is 0.494 e. The van der Waals surface area contributed by atoms with Crippen LogP contribution in [0.1, 0.15) is 134 Å². The van der Waals surface area contributed by atoms with Gasteiger partial charge >= 0.3 is 0 Å². The van der Waals surface area contributed by atoms with Crippen LogP contribution in [0.2, 0.25) is 0 Å². The smallest absolute Gasteiger partial charge is 0.119 e. The van der Waals surface area contributed by atoms with Gasteiger partial charge in [-0.15, -0.1) is 0 Å². The van der Waals surface area contributed by atoms with E-state index in [1.165, 1.54) is 128 Å². The fraction of sp³-hybridized carbons (Fsp3) is 0.786. The van der Waals surface area contributed by atoms with Crippen LogP contribution in [0.4, 0.5) is 0 Å². The zero-order chi connectivity index (χ0) is 20.8. The van der Waals surface area contributed by atoms with Crippen LogP contribution in [0, 0.1) is 6.92 Å². The van der Waals surface area contributed by atoms with Crippen molar-refractivity contribution in [2.24, 2.45) is 0 Å². The zero-order valence-electron chi connectivity index (χ0n) is 19.9. The van der Waals surface area contributed by atoms with Gasteiger partial charge < -0.3 is 4.74 Å². The van der Waals surface area contributed by atoms with E-state index < -0.39 is 0 Å². The fourth-order valence-corrected chi connectivity index (χ4v) is 4.08. The molecule has 0 amide bonds. The van der Waals surface area contributed by atoms with Crippen LogP contribution in [0.15, 0.2) is 24.3 Å². The molecule has 0 fully saturated rings. The SMILES string of the molecule is CCCCCCCCCCCCCCCCCCCCCOc1cccc(C)c1. The van der Waals surface area contributed by atoms with E-state index >= 15 is 0 Å². The van der Waals surface area contributed by atoms with Gasteiger partial charge in [-0.25, -0.2) is 0 Å². The molecule has 0 aliphatic heterocycles. The molecule has 1 heteroatoms. The van der Waals surface area contributed by atoms with Crippen LogP contribution in [-0.4, -0.2) is 6.61 Å². The third-order valence-electron chi connectivity index (χ3n) is 6.01. The predicted octanol–water partition coefficient (Wildman–Crippen LogP) is 9.81. The van der Waals surface area contributed by atoms with Crippen molar-refractivity contribution in [3.05, 3.63) is 29.8 Å². The standard InChI is InChI=1S/C28H50O/c1-3-4-5-6-7-8-9-10-11-12-13-14-15-16-17-18-19-20-21-25-29-28-24-22-23-27(2)26-28/h22-24,26H,3-21,25H2,1-2H3. The van der Waals surface area contributed by atoms with Gasteiger partial charge in [0.15, 0.2) is 0 Å². The van der Waals surface area contributed by atoms with Gasteiger partial charge in [0.25, 0.3) is 0 Å². The number of ether oxygens (including phenoxy) is 1. The lowest BCUT2D eigenvalue weighted by Crippen LogP contribution is -1.97. The van der Waals surface area contributed by atoms with Gasteiger partial charge in [0.2, 0.25) is 0 Å². The molecule has 0 unspecified atom stereocenters. The molecule has 0 aliphatic carbocycles. The molecular weight excluding hydrogens is 352 g/mol. The molecule has 1 rings (SSSR count). The van der Waals surface area contributed by atoms with E-state index in [1.54, 1.807) is 0 Å². The lowest BCUT2D eigenvalue weighted by molar-refractivity contribution is 0.304. The van der Waals surface area contributed by atoms with Crippen molar-refractivity contribution in [1.82, 2.24) is 0 Å². The summed E-state index contributed by atoms with van der Waals surface area (Å²) in [7, 11) is 0. The Morgan fingerprint density at radius 3 is 1.38 bits per heavy atom. The van der Waals surface area contributed by atoms with Crippen LogP contribution in [0.3, 0.4) is 0 Å². The Hall–Kier alpha value is -0.980. The topological polar surface area (TPSA) is 9.23 Å². The fourth-order valence-electron chi connectivity index (χ4n) is 4.08. The summed E-state index contributed by atoms with van der Waals surface area (Å²) >= 11 is 0. The molecule has 0 aliphatic rings. The molecule has 0 saturated carbocycles. The second kappa shape index (κ2) is 20.3. The lowest BCUT2D eigenvalue weighted by atomic mass is 10.0. The van der Waals surface area contributed by atoms with E-state index in [0.29, 0.717) is 0 Å². The molecule has 0 aromatic heterocycles. The van der Waals surface area contributed by atoms with E-state index in [2.05, 4.69) is 38.1 Å². The molecule has 0 saturated heterocycles. The normalized spacial score (nSPS) is 11.1. The summed E-state index contributed by atoms with van der Waals surface area (Å²) in [4.78, 5) is 0. The second-order valence-corrected chi connectivity index (χ2v) is 9.03. The summed E-state index contributed by atoms with van der Waals surface area (Å²) in [5.74, 6) is 1.02.